The lowest BCUT2D eigenvalue weighted by molar-refractivity contribution is -0.124. The molecule has 0 aromatic heterocycles. The van der Waals surface area contributed by atoms with Gasteiger partial charge in [0.15, 0.2) is 0 Å². The number of aliphatic hydroxyl groups excluding tert-OH is 1. The highest BCUT2D eigenvalue weighted by Crippen LogP contribution is 2.46. The number of ether oxygens (including phenoxy) is 1. The van der Waals surface area contributed by atoms with E-state index in [-0.39, 0.29) is 11.2 Å². The Morgan fingerprint density at radius 2 is 1.41 bits per heavy atom. The first-order valence-corrected chi connectivity index (χ1v) is 11.1. The quantitative estimate of drug-likeness (QED) is 0.268. The van der Waals surface area contributed by atoms with E-state index in [0.29, 0.717) is 12.2 Å². The Morgan fingerprint density at radius 1 is 0.897 bits per heavy atom. The van der Waals surface area contributed by atoms with E-state index in [1.807, 2.05) is 12.2 Å². The number of aliphatic hydroxyl groups is 1. The summed E-state index contributed by atoms with van der Waals surface area (Å²) in [5.74, 6) is 0.661. The first kappa shape index (κ1) is 25.0. The van der Waals surface area contributed by atoms with Crippen LogP contribution in [-0.2, 0) is 9.53 Å². The van der Waals surface area contributed by atoms with Crippen LogP contribution in [0.4, 0.5) is 0 Å². The Balaban J connectivity index is 3.33. The molecule has 0 saturated heterocycles. The van der Waals surface area contributed by atoms with Gasteiger partial charge in [0.1, 0.15) is 11.5 Å². The van der Waals surface area contributed by atoms with Crippen LogP contribution in [0.25, 0.3) is 0 Å². The lowest BCUT2D eigenvalue weighted by atomic mass is 9.66. The van der Waals surface area contributed by atoms with Gasteiger partial charge in [0.25, 0.3) is 6.47 Å². The first-order chi connectivity index (χ1) is 14.0. The maximum absolute atomic E-state index is 10.6. The molecule has 0 aromatic rings. The van der Waals surface area contributed by atoms with Crippen LogP contribution in [0.1, 0.15) is 91.4 Å². The van der Waals surface area contributed by atoms with Crippen molar-refractivity contribution in [1.29, 1.82) is 0 Å². The van der Waals surface area contributed by atoms with Gasteiger partial charge in [-0.05, 0) is 51.3 Å². The number of allylic oxidation sites excluding steroid dienone is 8. The Kier molecular flexibility index (Phi) is 12.1. The smallest absolute Gasteiger partial charge is 0.298 e. The van der Waals surface area contributed by atoms with Crippen molar-refractivity contribution in [2.24, 2.45) is 5.41 Å². The number of hydrogen-bond donors (Lipinski definition) is 1. The van der Waals surface area contributed by atoms with Crippen molar-refractivity contribution >= 4 is 6.47 Å². The fourth-order valence-electron chi connectivity index (χ4n) is 4.36. The van der Waals surface area contributed by atoms with Crippen molar-refractivity contribution < 1.29 is 14.6 Å². The largest absolute Gasteiger partial charge is 0.509 e. The molecular weight excluding hydrogens is 360 g/mol. The lowest BCUT2D eigenvalue weighted by Crippen LogP contribution is -2.25. The fourth-order valence-corrected chi connectivity index (χ4v) is 4.36. The zero-order valence-corrected chi connectivity index (χ0v) is 18.7. The summed E-state index contributed by atoms with van der Waals surface area (Å²) in [7, 11) is 0. The molecule has 3 heteroatoms. The minimum absolute atomic E-state index is 0.0735. The van der Waals surface area contributed by atoms with Gasteiger partial charge in [-0.2, -0.15) is 0 Å². The Labute approximate surface area is 177 Å². The first-order valence-electron chi connectivity index (χ1n) is 11.1. The molecule has 3 nitrogen and oxygen atoms in total. The number of carbonyl (C=O) groups is 1. The van der Waals surface area contributed by atoms with Crippen LogP contribution in [0, 0.1) is 5.41 Å². The minimum atomic E-state index is -0.0855. The Hall–Kier alpha value is -2.03. The van der Waals surface area contributed by atoms with Crippen LogP contribution in [0.3, 0.4) is 0 Å². The van der Waals surface area contributed by atoms with Crippen molar-refractivity contribution in [3.8, 4) is 0 Å². The average molecular weight is 401 g/mol. The maximum Gasteiger partial charge on any atom is 0.298 e. The normalized spacial score (nSPS) is 20.6. The summed E-state index contributed by atoms with van der Waals surface area (Å²) in [4.78, 5) is 10.6. The summed E-state index contributed by atoms with van der Waals surface area (Å²) in [5.41, 5.74) is 2.41. The van der Waals surface area contributed by atoms with Crippen LogP contribution >= 0.6 is 0 Å². The third kappa shape index (κ3) is 8.89. The zero-order chi connectivity index (χ0) is 21.5. The van der Waals surface area contributed by atoms with Gasteiger partial charge in [-0.3, -0.25) is 4.79 Å². The number of rotatable bonds is 7. The molecule has 162 valence electrons. The van der Waals surface area contributed by atoms with E-state index >= 15 is 0 Å². The van der Waals surface area contributed by atoms with Crippen molar-refractivity contribution in [3.05, 3.63) is 59.6 Å². The number of hydrogen-bond acceptors (Lipinski definition) is 3. The summed E-state index contributed by atoms with van der Waals surface area (Å²) in [6.07, 6.45) is 23.6. The predicted octanol–water partition coefficient (Wildman–Crippen LogP) is 7.87. The molecule has 1 N–H and O–H groups in total. The van der Waals surface area contributed by atoms with E-state index in [0.717, 1.165) is 12.8 Å². The molecule has 0 aromatic carbocycles. The monoisotopic (exact) mass is 400 g/mol. The fraction of sp³-hybridized carbons (Fsp3) is 0.577. The maximum atomic E-state index is 10.6. The van der Waals surface area contributed by atoms with E-state index in [2.05, 4.69) is 32.6 Å². The van der Waals surface area contributed by atoms with Gasteiger partial charge in [-0.25, -0.2) is 0 Å². The third-order valence-electron chi connectivity index (χ3n) is 6.08. The molecule has 0 spiro atoms. The van der Waals surface area contributed by atoms with E-state index in [1.165, 1.54) is 68.9 Å². The summed E-state index contributed by atoms with van der Waals surface area (Å²) in [5, 5.41) is 9.62. The van der Waals surface area contributed by atoms with E-state index in [1.54, 1.807) is 13.0 Å². The molecule has 1 aliphatic rings. The van der Waals surface area contributed by atoms with Crippen molar-refractivity contribution in [2.45, 2.75) is 91.4 Å². The second-order valence-corrected chi connectivity index (χ2v) is 8.17. The van der Waals surface area contributed by atoms with Gasteiger partial charge < -0.3 is 9.84 Å². The SMILES string of the molecule is C=C(O)/C=C\C(=C/C)C1(/C(C)=C/C=C(\C)OC=O)CCCCCCCCCCC1. The molecule has 0 atom stereocenters. The summed E-state index contributed by atoms with van der Waals surface area (Å²) in [6.45, 7) is 10.1. The molecule has 1 rings (SSSR count). The molecule has 0 bridgehead atoms. The summed E-state index contributed by atoms with van der Waals surface area (Å²) in [6, 6.07) is 0. The van der Waals surface area contributed by atoms with Gasteiger partial charge in [-0.1, -0.05) is 88.2 Å². The highest BCUT2D eigenvalue weighted by Gasteiger charge is 2.33. The molecule has 0 unspecified atom stereocenters. The van der Waals surface area contributed by atoms with Crippen LogP contribution in [0.15, 0.2) is 59.6 Å². The van der Waals surface area contributed by atoms with Crippen LogP contribution in [0.2, 0.25) is 0 Å². The lowest BCUT2D eigenvalue weighted by Gasteiger charge is -2.37. The van der Waals surface area contributed by atoms with Crippen LogP contribution < -0.4 is 0 Å². The zero-order valence-electron chi connectivity index (χ0n) is 18.7. The predicted molar refractivity (Wildman–Crippen MR) is 123 cm³/mol. The summed E-state index contributed by atoms with van der Waals surface area (Å²) < 4.78 is 4.95. The standard InChI is InChI=1S/C26H40O3/c1-5-25(18-16-23(3)28)26(22(2)15-17-24(4)29-21-27)19-13-11-9-7-6-8-10-12-14-20-26/h5,15-18,21,28H,3,6-14,19-20H2,1-2,4H3/b18-16-,22-15+,24-17+,25-5+. The van der Waals surface area contributed by atoms with Gasteiger partial charge >= 0.3 is 0 Å². The molecule has 29 heavy (non-hydrogen) atoms. The van der Waals surface area contributed by atoms with E-state index in [9.17, 15) is 9.90 Å². The van der Waals surface area contributed by atoms with Crippen molar-refractivity contribution in [1.82, 2.24) is 0 Å². The van der Waals surface area contributed by atoms with Gasteiger partial charge in [0.2, 0.25) is 0 Å². The minimum Gasteiger partial charge on any atom is -0.509 e. The second kappa shape index (κ2) is 14.0. The topological polar surface area (TPSA) is 46.5 Å². The van der Waals surface area contributed by atoms with Crippen molar-refractivity contribution in [3.63, 3.8) is 0 Å². The number of carbonyl (C=O) groups excluding carboxylic acids is 1. The van der Waals surface area contributed by atoms with E-state index in [4.69, 9.17) is 4.74 Å². The molecule has 0 radical (unpaired) electrons. The molecule has 0 amide bonds. The third-order valence-corrected chi connectivity index (χ3v) is 6.08. The molecule has 0 aliphatic heterocycles. The molecule has 0 heterocycles. The Bertz CT molecular complexity index is 622. The highest BCUT2D eigenvalue weighted by molar-refractivity contribution is 5.41. The van der Waals surface area contributed by atoms with Gasteiger partial charge in [0, 0.05) is 5.41 Å². The molecule has 1 saturated carbocycles. The van der Waals surface area contributed by atoms with Gasteiger partial charge in [-0.15, -0.1) is 0 Å². The van der Waals surface area contributed by atoms with Crippen LogP contribution in [-0.4, -0.2) is 11.6 Å². The summed E-state index contributed by atoms with van der Waals surface area (Å²) >= 11 is 0. The van der Waals surface area contributed by atoms with Crippen molar-refractivity contribution in [2.75, 3.05) is 0 Å². The second-order valence-electron chi connectivity index (χ2n) is 8.17. The van der Waals surface area contributed by atoms with Gasteiger partial charge in [0.05, 0.1) is 0 Å². The van der Waals surface area contributed by atoms with E-state index < -0.39 is 0 Å². The molecular formula is C26H40O3. The molecule has 1 aliphatic carbocycles. The molecule has 1 fully saturated rings. The Morgan fingerprint density at radius 3 is 1.86 bits per heavy atom. The highest BCUT2D eigenvalue weighted by atomic mass is 16.5. The van der Waals surface area contributed by atoms with Crippen LogP contribution in [0.5, 0.6) is 0 Å². The average Bonchev–Trinajstić information content (AvgIpc) is 2.68.